The summed E-state index contributed by atoms with van der Waals surface area (Å²) in [5, 5.41) is 8.77. The number of carbonyl (C=O) groups is 1. The van der Waals surface area contributed by atoms with Gasteiger partial charge < -0.3 is 14.9 Å². The third kappa shape index (κ3) is 1.50. The quantitative estimate of drug-likeness (QED) is 0.669. The van der Waals surface area contributed by atoms with Gasteiger partial charge in [0.25, 0.3) is 0 Å². The maximum absolute atomic E-state index is 11.7. The molecule has 0 radical (unpaired) electrons. The van der Waals surface area contributed by atoms with Crippen LogP contribution < -0.4 is 0 Å². The van der Waals surface area contributed by atoms with E-state index in [1.54, 1.807) is 4.90 Å². The SMILES string of the molecule is O=C1N(CCO)CC2CCCCN12. The molecule has 2 heterocycles. The highest BCUT2D eigenvalue weighted by Gasteiger charge is 2.37. The lowest BCUT2D eigenvalue weighted by molar-refractivity contribution is 0.169. The number of hydrogen-bond acceptors (Lipinski definition) is 2. The molecule has 0 aromatic rings. The van der Waals surface area contributed by atoms with E-state index in [-0.39, 0.29) is 12.6 Å². The summed E-state index contributed by atoms with van der Waals surface area (Å²) in [5.74, 6) is 0. The van der Waals surface area contributed by atoms with Crippen LogP contribution in [0.4, 0.5) is 4.79 Å². The topological polar surface area (TPSA) is 43.8 Å². The zero-order valence-corrected chi connectivity index (χ0v) is 7.78. The molecule has 0 saturated carbocycles. The number of hydrogen-bond donors (Lipinski definition) is 1. The van der Waals surface area contributed by atoms with Crippen LogP contribution in [0.1, 0.15) is 19.3 Å². The fourth-order valence-corrected chi connectivity index (χ4v) is 2.26. The molecule has 0 aliphatic carbocycles. The Morgan fingerprint density at radius 1 is 1.46 bits per heavy atom. The van der Waals surface area contributed by atoms with Crippen LogP contribution in [0.5, 0.6) is 0 Å². The smallest absolute Gasteiger partial charge is 0.320 e. The number of rotatable bonds is 2. The summed E-state index contributed by atoms with van der Waals surface area (Å²) in [5.41, 5.74) is 0. The molecular formula is C9H16N2O2. The van der Waals surface area contributed by atoms with Crippen LogP contribution in [-0.2, 0) is 0 Å². The van der Waals surface area contributed by atoms with Crippen molar-refractivity contribution >= 4 is 6.03 Å². The predicted octanol–water partition coefficient (Wildman–Crippen LogP) is 0.269. The van der Waals surface area contributed by atoms with Gasteiger partial charge in [-0.2, -0.15) is 0 Å². The van der Waals surface area contributed by atoms with Crippen molar-refractivity contribution in [3.05, 3.63) is 0 Å². The van der Waals surface area contributed by atoms with Crippen molar-refractivity contribution in [2.45, 2.75) is 25.3 Å². The second-order valence-electron chi connectivity index (χ2n) is 3.80. The first kappa shape index (κ1) is 8.81. The van der Waals surface area contributed by atoms with Crippen LogP contribution in [0.15, 0.2) is 0 Å². The van der Waals surface area contributed by atoms with Crippen LogP contribution >= 0.6 is 0 Å². The summed E-state index contributed by atoms with van der Waals surface area (Å²) in [4.78, 5) is 15.4. The van der Waals surface area contributed by atoms with Gasteiger partial charge in [0.1, 0.15) is 0 Å². The second kappa shape index (κ2) is 3.54. The fraction of sp³-hybridized carbons (Fsp3) is 0.889. The Morgan fingerprint density at radius 2 is 2.31 bits per heavy atom. The van der Waals surface area contributed by atoms with E-state index in [0.717, 1.165) is 25.9 Å². The Kier molecular flexibility index (Phi) is 2.40. The Bertz CT molecular complexity index is 208. The number of aliphatic hydroxyl groups excluding tert-OH is 1. The summed E-state index contributed by atoms with van der Waals surface area (Å²) in [6.07, 6.45) is 3.50. The van der Waals surface area contributed by atoms with Crippen molar-refractivity contribution in [3.63, 3.8) is 0 Å². The Hall–Kier alpha value is -0.770. The third-order valence-electron chi connectivity index (χ3n) is 2.94. The number of urea groups is 1. The molecule has 1 atom stereocenters. The zero-order valence-electron chi connectivity index (χ0n) is 7.78. The molecule has 2 aliphatic heterocycles. The van der Waals surface area contributed by atoms with Crippen molar-refractivity contribution in [2.75, 3.05) is 26.2 Å². The number of fused-ring (bicyclic) bond motifs is 1. The van der Waals surface area contributed by atoms with Crippen molar-refractivity contribution in [1.82, 2.24) is 9.80 Å². The van der Waals surface area contributed by atoms with Gasteiger partial charge in [-0.15, -0.1) is 0 Å². The van der Waals surface area contributed by atoms with Gasteiger partial charge in [0.2, 0.25) is 0 Å². The number of nitrogens with zero attached hydrogens (tertiary/aromatic N) is 2. The van der Waals surface area contributed by atoms with Gasteiger partial charge in [-0.3, -0.25) is 0 Å². The summed E-state index contributed by atoms with van der Waals surface area (Å²) in [6.45, 7) is 2.29. The fourth-order valence-electron chi connectivity index (χ4n) is 2.26. The van der Waals surface area contributed by atoms with Crippen LogP contribution in [0.3, 0.4) is 0 Å². The van der Waals surface area contributed by atoms with Crippen LogP contribution in [0.25, 0.3) is 0 Å². The maximum Gasteiger partial charge on any atom is 0.320 e. The van der Waals surface area contributed by atoms with E-state index >= 15 is 0 Å². The minimum absolute atomic E-state index is 0.0757. The highest BCUT2D eigenvalue weighted by atomic mass is 16.3. The van der Waals surface area contributed by atoms with Gasteiger partial charge in [0.15, 0.2) is 0 Å². The summed E-state index contributed by atoms with van der Waals surface area (Å²) in [7, 11) is 0. The van der Waals surface area contributed by atoms with Crippen molar-refractivity contribution < 1.29 is 9.90 Å². The minimum Gasteiger partial charge on any atom is -0.395 e. The molecule has 74 valence electrons. The lowest BCUT2D eigenvalue weighted by Gasteiger charge is -2.27. The lowest BCUT2D eigenvalue weighted by atomic mass is 10.0. The molecule has 1 unspecified atom stereocenters. The molecule has 2 rings (SSSR count). The van der Waals surface area contributed by atoms with E-state index in [1.165, 1.54) is 6.42 Å². The number of carbonyl (C=O) groups excluding carboxylic acids is 1. The summed E-state index contributed by atoms with van der Waals surface area (Å²) in [6, 6.07) is 0.548. The zero-order chi connectivity index (χ0) is 9.26. The molecule has 13 heavy (non-hydrogen) atoms. The first-order valence-corrected chi connectivity index (χ1v) is 4.99. The van der Waals surface area contributed by atoms with Gasteiger partial charge in [-0.05, 0) is 19.3 Å². The molecule has 2 fully saturated rings. The number of aliphatic hydroxyl groups is 1. The van der Waals surface area contributed by atoms with E-state index in [4.69, 9.17) is 5.11 Å². The summed E-state index contributed by atoms with van der Waals surface area (Å²) >= 11 is 0. The van der Waals surface area contributed by atoms with E-state index < -0.39 is 0 Å². The van der Waals surface area contributed by atoms with Gasteiger partial charge >= 0.3 is 6.03 Å². The monoisotopic (exact) mass is 184 g/mol. The number of β-amino-alcohol motifs (C(OH)–C–C–N with tert-alkyl or cyclic N) is 1. The van der Waals surface area contributed by atoms with Crippen LogP contribution in [0, 0.1) is 0 Å². The Morgan fingerprint density at radius 3 is 3.00 bits per heavy atom. The molecule has 4 heteroatoms. The van der Waals surface area contributed by atoms with Crippen molar-refractivity contribution in [1.29, 1.82) is 0 Å². The first-order valence-electron chi connectivity index (χ1n) is 4.99. The highest BCUT2D eigenvalue weighted by Crippen LogP contribution is 2.24. The van der Waals surface area contributed by atoms with E-state index in [1.807, 2.05) is 4.90 Å². The molecule has 0 bridgehead atoms. The number of amides is 2. The number of piperidine rings is 1. The average molecular weight is 184 g/mol. The molecule has 2 aliphatic rings. The highest BCUT2D eigenvalue weighted by molar-refractivity contribution is 5.77. The predicted molar refractivity (Wildman–Crippen MR) is 48.4 cm³/mol. The minimum atomic E-state index is 0.0757. The van der Waals surface area contributed by atoms with E-state index in [0.29, 0.717) is 12.6 Å². The lowest BCUT2D eigenvalue weighted by Crippen LogP contribution is -2.38. The Labute approximate surface area is 78.1 Å². The largest absolute Gasteiger partial charge is 0.395 e. The molecule has 0 spiro atoms. The normalized spacial score (nSPS) is 28.1. The van der Waals surface area contributed by atoms with E-state index in [9.17, 15) is 4.79 Å². The average Bonchev–Trinajstić information content (AvgIpc) is 2.46. The van der Waals surface area contributed by atoms with Gasteiger partial charge in [-0.1, -0.05) is 0 Å². The third-order valence-corrected chi connectivity index (χ3v) is 2.94. The molecular weight excluding hydrogens is 168 g/mol. The van der Waals surface area contributed by atoms with Crippen molar-refractivity contribution in [2.24, 2.45) is 0 Å². The maximum atomic E-state index is 11.7. The molecule has 2 amide bonds. The summed E-state index contributed by atoms with van der Waals surface area (Å²) < 4.78 is 0. The first-order chi connectivity index (χ1) is 6.33. The van der Waals surface area contributed by atoms with Gasteiger partial charge in [0.05, 0.1) is 12.6 Å². The molecule has 2 saturated heterocycles. The molecule has 4 nitrogen and oxygen atoms in total. The molecule has 0 aromatic heterocycles. The van der Waals surface area contributed by atoms with Gasteiger partial charge in [0, 0.05) is 19.6 Å². The Balaban J connectivity index is 2.01. The van der Waals surface area contributed by atoms with E-state index in [2.05, 4.69) is 0 Å². The second-order valence-corrected chi connectivity index (χ2v) is 3.80. The molecule has 0 aromatic carbocycles. The van der Waals surface area contributed by atoms with Crippen LogP contribution in [0.2, 0.25) is 0 Å². The molecule has 1 N–H and O–H groups in total. The van der Waals surface area contributed by atoms with Crippen LogP contribution in [-0.4, -0.2) is 53.2 Å². The van der Waals surface area contributed by atoms with Crippen molar-refractivity contribution in [3.8, 4) is 0 Å². The van der Waals surface area contributed by atoms with Gasteiger partial charge in [-0.25, -0.2) is 4.79 Å². The standard InChI is InChI=1S/C9H16N2O2/c12-6-5-10-7-8-3-1-2-4-11(8)9(10)13/h8,12H,1-7H2.